The van der Waals surface area contributed by atoms with E-state index in [1.165, 1.54) is 4.90 Å². The Bertz CT molecular complexity index is 960. The normalized spacial score (nSPS) is 36.9. The molecule has 5 aliphatic heterocycles. The zero-order valence-electron chi connectivity index (χ0n) is 21.8. The van der Waals surface area contributed by atoms with Crippen LogP contribution in [0.1, 0.15) is 33.1 Å². The molecule has 3 fully saturated rings. The van der Waals surface area contributed by atoms with Gasteiger partial charge in [-0.25, -0.2) is 0 Å². The third-order valence-electron chi connectivity index (χ3n) is 8.79. The fourth-order valence-corrected chi connectivity index (χ4v) is 6.81. The molecule has 1 unspecified atom stereocenters. The smallest absolute Gasteiger partial charge is 0.313 e. The van der Waals surface area contributed by atoms with Crippen molar-refractivity contribution in [1.82, 2.24) is 14.7 Å². The van der Waals surface area contributed by atoms with Gasteiger partial charge in [0.15, 0.2) is 0 Å². The maximum Gasteiger partial charge on any atom is 0.313 e. The predicted molar refractivity (Wildman–Crippen MR) is 133 cm³/mol. The van der Waals surface area contributed by atoms with Crippen LogP contribution in [0.15, 0.2) is 24.3 Å². The number of nitrogens with zero attached hydrogens (tertiary/aromatic N) is 3. The SMILES string of the molecule is CC[C@@H](CO)N1C(=O)[C@@H]2[C@H]3C(=O)OCCC=C[C@@]3(CC)O[C@@]23C=CCN(CCN2CCOCC2)C(=O)C13. The van der Waals surface area contributed by atoms with E-state index in [0.717, 1.165) is 13.1 Å². The number of hydrogen-bond donors (Lipinski definition) is 1. The molecule has 0 saturated carbocycles. The molecule has 5 aliphatic rings. The van der Waals surface area contributed by atoms with E-state index in [2.05, 4.69) is 4.90 Å². The van der Waals surface area contributed by atoms with Crippen molar-refractivity contribution in [3.63, 3.8) is 0 Å². The van der Waals surface area contributed by atoms with Gasteiger partial charge in [-0.3, -0.25) is 19.3 Å². The third-order valence-corrected chi connectivity index (χ3v) is 8.79. The molecule has 0 bridgehead atoms. The molecular formula is C27H39N3O7. The Morgan fingerprint density at radius 3 is 2.51 bits per heavy atom. The Morgan fingerprint density at radius 2 is 1.81 bits per heavy atom. The zero-order valence-corrected chi connectivity index (χ0v) is 21.8. The second-order valence-corrected chi connectivity index (χ2v) is 10.6. The largest absolute Gasteiger partial charge is 0.465 e. The number of rotatable bonds is 7. The van der Waals surface area contributed by atoms with Crippen LogP contribution >= 0.6 is 0 Å². The van der Waals surface area contributed by atoms with Crippen molar-refractivity contribution < 1.29 is 33.7 Å². The van der Waals surface area contributed by atoms with Crippen molar-refractivity contribution in [3.8, 4) is 0 Å². The van der Waals surface area contributed by atoms with E-state index >= 15 is 0 Å². The van der Waals surface area contributed by atoms with Gasteiger partial charge in [-0.05, 0) is 19.3 Å². The van der Waals surface area contributed by atoms with E-state index in [1.54, 1.807) is 4.90 Å². The maximum absolute atomic E-state index is 14.3. The molecule has 6 atom stereocenters. The molecule has 0 radical (unpaired) electrons. The molecule has 1 spiro atoms. The monoisotopic (exact) mass is 517 g/mol. The standard InChI is InChI=1S/C27H39N3O7/c1-3-19(18-31)30-22-24(33)29(12-11-28-13-16-35-17-14-28)10-7-9-27(22)20(23(30)32)21-25(34)36-15-6-5-8-26(21,4-2)37-27/h5,7-9,19-22,31H,3-4,6,10-18H2,1-2H3/t19-,20-,21-,22?,26+,27-/m0/s1. The molecule has 204 valence electrons. The van der Waals surface area contributed by atoms with E-state index in [1.807, 2.05) is 38.2 Å². The summed E-state index contributed by atoms with van der Waals surface area (Å²) in [6.07, 6.45) is 9.09. The van der Waals surface area contributed by atoms with Gasteiger partial charge in [0.25, 0.3) is 0 Å². The second kappa shape index (κ2) is 10.5. The highest BCUT2D eigenvalue weighted by Crippen LogP contribution is 2.58. The number of esters is 1. The Balaban J connectivity index is 1.55. The van der Waals surface area contributed by atoms with Gasteiger partial charge in [-0.1, -0.05) is 38.2 Å². The number of aliphatic hydroxyl groups is 1. The fourth-order valence-electron chi connectivity index (χ4n) is 6.81. The van der Waals surface area contributed by atoms with E-state index in [4.69, 9.17) is 14.2 Å². The van der Waals surface area contributed by atoms with Gasteiger partial charge in [-0.15, -0.1) is 0 Å². The van der Waals surface area contributed by atoms with E-state index in [-0.39, 0.29) is 25.0 Å². The summed E-state index contributed by atoms with van der Waals surface area (Å²) in [4.78, 5) is 47.5. The number of ether oxygens (including phenoxy) is 3. The first-order chi connectivity index (χ1) is 17.9. The lowest BCUT2D eigenvalue weighted by atomic mass is 9.73. The molecule has 0 aromatic heterocycles. The van der Waals surface area contributed by atoms with Gasteiger partial charge in [0.1, 0.15) is 23.2 Å². The van der Waals surface area contributed by atoms with Gasteiger partial charge in [0.05, 0.1) is 38.4 Å². The van der Waals surface area contributed by atoms with Gasteiger partial charge >= 0.3 is 5.97 Å². The number of cyclic esters (lactones) is 1. The lowest BCUT2D eigenvalue weighted by Gasteiger charge is -2.41. The summed E-state index contributed by atoms with van der Waals surface area (Å²) in [5.41, 5.74) is -2.37. The molecular weight excluding hydrogens is 478 g/mol. The summed E-state index contributed by atoms with van der Waals surface area (Å²) < 4.78 is 17.9. The molecule has 1 N–H and O–H groups in total. The van der Waals surface area contributed by atoms with Crippen molar-refractivity contribution in [2.24, 2.45) is 11.8 Å². The minimum absolute atomic E-state index is 0.209. The van der Waals surface area contributed by atoms with Crippen LogP contribution in [0.25, 0.3) is 0 Å². The quantitative estimate of drug-likeness (QED) is 0.381. The average molecular weight is 518 g/mol. The molecule has 3 saturated heterocycles. The molecule has 5 heterocycles. The Morgan fingerprint density at radius 1 is 1.03 bits per heavy atom. The number of carbonyl (C=O) groups excluding carboxylic acids is 3. The third kappa shape index (κ3) is 4.22. The van der Waals surface area contributed by atoms with Gasteiger partial charge in [0, 0.05) is 32.7 Å². The fraction of sp³-hybridized carbons (Fsp3) is 0.741. The first-order valence-corrected chi connectivity index (χ1v) is 13.7. The summed E-state index contributed by atoms with van der Waals surface area (Å²) >= 11 is 0. The van der Waals surface area contributed by atoms with Gasteiger partial charge in [0.2, 0.25) is 11.8 Å². The first kappa shape index (κ1) is 26.3. The first-order valence-electron chi connectivity index (χ1n) is 13.7. The molecule has 10 heteroatoms. The Kier molecular flexibility index (Phi) is 7.46. The zero-order chi connectivity index (χ0) is 26.2. The molecule has 10 nitrogen and oxygen atoms in total. The van der Waals surface area contributed by atoms with Crippen LogP contribution in [0.5, 0.6) is 0 Å². The molecule has 0 aromatic carbocycles. The minimum Gasteiger partial charge on any atom is -0.465 e. The topological polar surface area (TPSA) is 109 Å². The van der Waals surface area contributed by atoms with Crippen LogP contribution in [0.3, 0.4) is 0 Å². The van der Waals surface area contributed by atoms with E-state index in [0.29, 0.717) is 52.1 Å². The summed E-state index contributed by atoms with van der Waals surface area (Å²) in [6.45, 7) is 8.36. The van der Waals surface area contributed by atoms with Crippen LogP contribution in [-0.2, 0) is 28.6 Å². The number of fused-ring (bicyclic) bond motifs is 2. The second-order valence-electron chi connectivity index (χ2n) is 10.6. The van der Waals surface area contributed by atoms with Crippen molar-refractivity contribution in [1.29, 1.82) is 0 Å². The maximum atomic E-state index is 14.3. The summed E-state index contributed by atoms with van der Waals surface area (Å²) in [5, 5.41) is 10.2. The van der Waals surface area contributed by atoms with Crippen molar-refractivity contribution >= 4 is 17.8 Å². The number of likely N-dealkylation sites (tertiary alicyclic amines) is 1. The molecule has 0 aliphatic carbocycles. The summed E-state index contributed by atoms with van der Waals surface area (Å²) in [7, 11) is 0. The number of amides is 2. The van der Waals surface area contributed by atoms with Crippen molar-refractivity contribution in [2.45, 2.75) is 56.4 Å². The Hall–Kier alpha value is -2.27. The predicted octanol–water partition coefficient (Wildman–Crippen LogP) is 0.352. The van der Waals surface area contributed by atoms with E-state index < -0.39 is 41.1 Å². The lowest BCUT2D eigenvalue weighted by molar-refractivity contribution is -0.163. The highest BCUT2D eigenvalue weighted by molar-refractivity contribution is 5.99. The summed E-state index contributed by atoms with van der Waals surface area (Å²) in [5.74, 6) is -2.78. The molecule has 5 rings (SSSR count). The number of aliphatic hydroxyl groups excluding tert-OH is 1. The molecule has 2 amide bonds. The molecule has 37 heavy (non-hydrogen) atoms. The van der Waals surface area contributed by atoms with Gasteiger partial charge < -0.3 is 29.1 Å². The van der Waals surface area contributed by atoms with Crippen LogP contribution < -0.4 is 0 Å². The van der Waals surface area contributed by atoms with Crippen LogP contribution in [-0.4, -0.2) is 120 Å². The summed E-state index contributed by atoms with van der Waals surface area (Å²) in [6, 6.07) is -1.53. The van der Waals surface area contributed by atoms with Crippen LogP contribution in [0.4, 0.5) is 0 Å². The minimum atomic E-state index is -1.32. The highest BCUT2D eigenvalue weighted by atomic mass is 16.6. The van der Waals surface area contributed by atoms with Crippen LogP contribution in [0, 0.1) is 11.8 Å². The van der Waals surface area contributed by atoms with Crippen LogP contribution in [0.2, 0.25) is 0 Å². The average Bonchev–Trinajstić information content (AvgIpc) is 3.26. The highest BCUT2D eigenvalue weighted by Gasteiger charge is 2.75. The lowest BCUT2D eigenvalue weighted by Crippen LogP contribution is -2.59. The number of carbonyl (C=O) groups is 3. The van der Waals surface area contributed by atoms with Gasteiger partial charge in [-0.2, -0.15) is 0 Å². The van der Waals surface area contributed by atoms with E-state index in [9.17, 15) is 19.5 Å². The Labute approximate surface area is 218 Å². The number of morpholine rings is 1. The van der Waals surface area contributed by atoms with Crippen molar-refractivity contribution in [2.75, 3.05) is 59.2 Å². The molecule has 0 aromatic rings. The number of hydrogen-bond acceptors (Lipinski definition) is 8. The van der Waals surface area contributed by atoms with Crippen molar-refractivity contribution in [3.05, 3.63) is 24.3 Å².